The number of benzene rings is 1. The van der Waals surface area contributed by atoms with Gasteiger partial charge in [0.25, 0.3) is 0 Å². The topological polar surface area (TPSA) is 55.4 Å². The number of rotatable bonds is 4. The highest BCUT2D eigenvalue weighted by Crippen LogP contribution is 2.12. The monoisotopic (exact) mass is 313 g/mol. The number of carbonyl (C=O) groups excluding carboxylic acids is 2. The molecule has 0 spiro atoms. The van der Waals surface area contributed by atoms with Crippen LogP contribution in [0.15, 0.2) is 24.3 Å². The number of carbonyl (C=O) groups is 2. The van der Waals surface area contributed by atoms with Gasteiger partial charge < -0.3 is 10.1 Å². The molecule has 0 aliphatic heterocycles. The summed E-state index contributed by atoms with van der Waals surface area (Å²) >= 11 is 3.18. The van der Waals surface area contributed by atoms with E-state index in [2.05, 4.69) is 21.2 Å². The van der Waals surface area contributed by atoms with E-state index in [1.165, 1.54) is 0 Å². The summed E-state index contributed by atoms with van der Waals surface area (Å²) in [5, 5.41) is 2.71. The van der Waals surface area contributed by atoms with Gasteiger partial charge in [-0.05, 0) is 45.0 Å². The van der Waals surface area contributed by atoms with Gasteiger partial charge in [0.2, 0.25) is 5.91 Å². The molecular weight excluding hydrogens is 298 g/mol. The highest BCUT2D eigenvalue weighted by atomic mass is 79.9. The van der Waals surface area contributed by atoms with Crippen LogP contribution in [0.3, 0.4) is 0 Å². The first-order valence-corrected chi connectivity index (χ1v) is 6.57. The summed E-state index contributed by atoms with van der Waals surface area (Å²) in [6.45, 7) is 5.33. The van der Waals surface area contributed by atoms with E-state index in [0.717, 1.165) is 0 Å². The molecule has 98 valence electrons. The van der Waals surface area contributed by atoms with Gasteiger partial charge in [-0.3, -0.25) is 4.79 Å². The maximum Gasteiger partial charge on any atom is 0.338 e. The van der Waals surface area contributed by atoms with Gasteiger partial charge in [0.15, 0.2) is 0 Å². The van der Waals surface area contributed by atoms with Crippen LogP contribution in [0.25, 0.3) is 0 Å². The second-order valence-corrected chi connectivity index (χ2v) is 5.51. The van der Waals surface area contributed by atoms with Gasteiger partial charge in [0.05, 0.1) is 16.5 Å². The van der Waals surface area contributed by atoms with Gasteiger partial charge in [0.1, 0.15) is 0 Å². The van der Waals surface area contributed by atoms with Gasteiger partial charge >= 0.3 is 5.97 Å². The fraction of sp³-hybridized carbons (Fsp3) is 0.385. The van der Waals surface area contributed by atoms with E-state index in [9.17, 15) is 9.59 Å². The molecule has 5 heteroatoms. The largest absolute Gasteiger partial charge is 0.459 e. The first-order chi connectivity index (χ1) is 8.40. The Balaban J connectivity index is 2.68. The van der Waals surface area contributed by atoms with Crippen molar-refractivity contribution in [2.45, 2.75) is 31.7 Å². The van der Waals surface area contributed by atoms with Crippen LogP contribution in [-0.2, 0) is 9.53 Å². The Bertz CT molecular complexity index is 426. The fourth-order valence-electron chi connectivity index (χ4n) is 1.21. The van der Waals surface area contributed by atoms with Crippen molar-refractivity contribution in [3.05, 3.63) is 29.8 Å². The van der Waals surface area contributed by atoms with E-state index in [1.807, 2.05) is 0 Å². The molecule has 1 unspecified atom stereocenters. The minimum Gasteiger partial charge on any atom is -0.459 e. The van der Waals surface area contributed by atoms with Gasteiger partial charge in [-0.2, -0.15) is 0 Å². The molecule has 0 saturated heterocycles. The summed E-state index contributed by atoms with van der Waals surface area (Å²) in [6, 6.07) is 6.59. The van der Waals surface area contributed by atoms with Crippen LogP contribution in [-0.4, -0.2) is 22.8 Å². The van der Waals surface area contributed by atoms with Gasteiger partial charge in [-0.15, -0.1) is 0 Å². The third kappa shape index (κ3) is 4.49. The van der Waals surface area contributed by atoms with Crippen molar-refractivity contribution in [2.24, 2.45) is 0 Å². The molecule has 4 nitrogen and oxygen atoms in total. The summed E-state index contributed by atoms with van der Waals surface area (Å²) in [5.41, 5.74) is 1.11. The average molecular weight is 314 g/mol. The summed E-state index contributed by atoms with van der Waals surface area (Å²) < 4.78 is 5.06. The standard InChI is InChI=1S/C13H16BrNO3/c1-8(2)18-13(17)10-4-6-11(7-5-10)15-12(16)9(3)14/h4-9H,1-3H3,(H,15,16). The Kier molecular flexibility index (Phi) is 5.34. The van der Waals surface area contributed by atoms with Crippen LogP contribution in [0.4, 0.5) is 5.69 Å². The lowest BCUT2D eigenvalue weighted by Crippen LogP contribution is -2.19. The fourth-order valence-corrected chi connectivity index (χ4v) is 1.33. The van der Waals surface area contributed by atoms with Crippen LogP contribution in [0.1, 0.15) is 31.1 Å². The summed E-state index contributed by atoms with van der Waals surface area (Å²) in [5.74, 6) is -0.496. The SMILES string of the molecule is CC(C)OC(=O)c1ccc(NC(=O)C(C)Br)cc1. The Morgan fingerprint density at radius 2 is 1.72 bits per heavy atom. The molecule has 1 rings (SSSR count). The molecule has 0 fully saturated rings. The molecule has 0 aliphatic rings. The molecule has 1 N–H and O–H groups in total. The van der Waals surface area contributed by atoms with Crippen molar-refractivity contribution < 1.29 is 14.3 Å². The number of ether oxygens (including phenoxy) is 1. The molecule has 1 atom stereocenters. The van der Waals surface area contributed by atoms with Gasteiger partial charge in [0, 0.05) is 5.69 Å². The molecule has 0 radical (unpaired) electrons. The zero-order chi connectivity index (χ0) is 13.7. The van der Waals surface area contributed by atoms with Gasteiger partial charge in [-0.1, -0.05) is 15.9 Å². The van der Waals surface area contributed by atoms with Crippen LogP contribution in [0, 0.1) is 0 Å². The van der Waals surface area contributed by atoms with Crippen LogP contribution in [0.5, 0.6) is 0 Å². The van der Waals surface area contributed by atoms with Crippen LogP contribution >= 0.6 is 15.9 Å². The zero-order valence-corrected chi connectivity index (χ0v) is 12.2. The number of hydrogen-bond acceptors (Lipinski definition) is 3. The lowest BCUT2D eigenvalue weighted by molar-refractivity contribution is -0.115. The number of alkyl halides is 1. The predicted octanol–water partition coefficient (Wildman–Crippen LogP) is 2.97. The Morgan fingerprint density at radius 1 is 1.17 bits per heavy atom. The molecule has 1 amide bonds. The normalized spacial score (nSPS) is 12.1. The zero-order valence-electron chi connectivity index (χ0n) is 10.6. The number of anilines is 1. The van der Waals surface area contributed by atoms with Crippen molar-refractivity contribution in [3.8, 4) is 0 Å². The number of esters is 1. The first-order valence-electron chi connectivity index (χ1n) is 5.66. The highest BCUT2D eigenvalue weighted by molar-refractivity contribution is 9.10. The predicted molar refractivity (Wildman–Crippen MR) is 74.0 cm³/mol. The molecule has 0 aliphatic carbocycles. The molecule has 1 aromatic rings. The minimum atomic E-state index is -0.364. The highest BCUT2D eigenvalue weighted by Gasteiger charge is 2.11. The minimum absolute atomic E-state index is 0.132. The maximum absolute atomic E-state index is 11.6. The lowest BCUT2D eigenvalue weighted by atomic mass is 10.2. The van der Waals surface area contributed by atoms with E-state index in [-0.39, 0.29) is 22.8 Å². The molecule has 18 heavy (non-hydrogen) atoms. The lowest BCUT2D eigenvalue weighted by Gasteiger charge is -2.09. The first kappa shape index (κ1) is 14.7. The molecule has 0 saturated carbocycles. The second kappa shape index (κ2) is 6.54. The summed E-state index contributed by atoms with van der Waals surface area (Å²) in [6.07, 6.45) is -0.147. The maximum atomic E-state index is 11.6. The van der Waals surface area contributed by atoms with Crippen LogP contribution in [0.2, 0.25) is 0 Å². The van der Waals surface area contributed by atoms with Crippen LogP contribution < -0.4 is 5.32 Å². The Labute approximate surface area is 115 Å². The van der Waals surface area contributed by atoms with Gasteiger partial charge in [-0.25, -0.2) is 4.79 Å². The summed E-state index contributed by atoms with van der Waals surface area (Å²) in [4.78, 5) is 22.7. The average Bonchev–Trinajstić information content (AvgIpc) is 2.28. The quantitative estimate of drug-likeness (QED) is 0.686. The Hall–Kier alpha value is -1.36. The number of halogens is 1. The van der Waals surface area contributed by atoms with Crippen molar-refractivity contribution in [1.29, 1.82) is 0 Å². The van der Waals surface area contributed by atoms with E-state index >= 15 is 0 Å². The molecular formula is C13H16BrNO3. The smallest absolute Gasteiger partial charge is 0.338 e. The molecule has 0 aromatic heterocycles. The molecule has 0 heterocycles. The van der Waals surface area contributed by atoms with E-state index < -0.39 is 0 Å². The number of hydrogen-bond donors (Lipinski definition) is 1. The molecule has 1 aromatic carbocycles. The number of nitrogens with one attached hydrogen (secondary N) is 1. The number of amides is 1. The van der Waals surface area contributed by atoms with Crippen molar-refractivity contribution in [2.75, 3.05) is 5.32 Å². The van der Waals surface area contributed by atoms with Crippen molar-refractivity contribution in [3.63, 3.8) is 0 Å². The van der Waals surface area contributed by atoms with E-state index in [0.29, 0.717) is 11.3 Å². The van der Waals surface area contributed by atoms with Crippen molar-refractivity contribution in [1.82, 2.24) is 0 Å². The second-order valence-electron chi connectivity index (χ2n) is 4.14. The van der Waals surface area contributed by atoms with E-state index in [1.54, 1.807) is 45.0 Å². The third-order valence-corrected chi connectivity index (χ3v) is 2.51. The molecule has 0 bridgehead atoms. The summed E-state index contributed by atoms with van der Waals surface area (Å²) in [7, 11) is 0. The van der Waals surface area contributed by atoms with Crippen molar-refractivity contribution >= 4 is 33.5 Å². The third-order valence-electron chi connectivity index (χ3n) is 2.09. The van der Waals surface area contributed by atoms with E-state index in [4.69, 9.17) is 4.74 Å². The Morgan fingerprint density at radius 3 is 2.17 bits per heavy atom.